The topological polar surface area (TPSA) is 128 Å². The molecule has 0 unspecified atom stereocenters. The van der Waals surface area contributed by atoms with Crippen LogP contribution < -0.4 is 10.9 Å². The largest absolute Gasteiger partial charge is 0.451 e. The van der Waals surface area contributed by atoms with Crippen LogP contribution in [0.1, 0.15) is 15.2 Å². The third-order valence-corrected chi connectivity index (χ3v) is 5.35. The van der Waals surface area contributed by atoms with Crippen LogP contribution >= 0.6 is 11.3 Å². The highest BCUT2D eigenvalue weighted by Gasteiger charge is 2.22. The summed E-state index contributed by atoms with van der Waals surface area (Å²) in [6, 6.07) is 17.9. The fourth-order valence-electron chi connectivity index (χ4n) is 2.91. The van der Waals surface area contributed by atoms with Gasteiger partial charge in [-0.2, -0.15) is 4.68 Å². The van der Waals surface area contributed by atoms with Crippen molar-refractivity contribution in [3.8, 4) is 11.4 Å². The van der Waals surface area contributed by atoms with Crippen molar-refractivity contribution in [2.75, 3.05) is 6.61 Å². The zero-order valence-corrected chi connectivity index (χ0v) is 18.7. The molecule has 2 aromatic heterocycles. The van der Waals surface area contributed by atoms with Gasteiger partial charge in [0.15, 0.2) is 18.1 Å². The van der Waals surface area contributed by atoms with Gasteiger partial charge in [0.2, 0.25) is 0 Å². The number of amides is 2. The van der Waals surface area contributed by atoms with Crippen molar-refractivity contribution in [1.82, 2.24) is 31.1 Å². The van der Waals surface area contributed by atoms with Gasteiger partial charge in [0.25, 0.3) is 11.8 Å². The fourth-order valence-corrected chi connectivity index (χ4v) is 3.56. The van der Waals surface area contributed by atoms with Crippen LogP contribution in [0.2, 0.25) is 0 Å². The van der Waals surface area contributed by atoms with Crippen LogP contribution in [-0.2, 0) is 14.3 Å². The summed E-state index contributed by atoms with van der Waals surface area (Å²) < 4.78 is 20.0. The maximum Gasteiger partial charge on any atom is 0.357 e. The predicted octanol–water partition coefficient (Wildman–Crippen LogP) is 2.54. The Morgan fingerprint density at radius 3 is 2.51 bits per heavy atom. The van der Waals surface area contributed by atoms with Crippen LogP contribution in [0, 0.1) is 5.82 Å². The molecule has 2 aromatic carbocycles. The molecular formula is C23H17FN6O4S. The van der Waals surface area contributed by atoms with Crippen molar-refractivity contribution in [3.63, 3.8) is 0 Å². The van der Waals surface area contributed by atoms with Gasteiger partial charge < -0.3 is 4.74 Å². The monoisotopic (exact) mass is 492 g/mol. The molecule has 176 valence electrons. The van der Waals surface area contributed by atoms with Gasteiger partial charge in [-0.15, -0.1) is 16.4 Å². The van der Waals surface area contributed by atoms with E-state index < -0.39 is 30.2 Å². The molecule has 35 heavy (non-hydrogen) atoms. The van der Waals surface area contributed by atoms with E-state index in [1.807, 2.05) is 17.5 Å². The Bertz CT molecular complexity index is 1370. The number of carbonyl (C=O) groups excluding carboxylic acids is 3. The molecule has 2 heterocycles. The minimum Gasteiger partial charge on any atom is -0.451 e. The quantitative estimate of drug-likeness (QED) is 0.231. The number of thiophene rings is 1. The molecule has 2 N–H and O–H groups in total. The highest BCUT2D eigenvalue weighted by Crippen LogP contribution is 2.22. The maximum absolute atomic E-state index is 13.7. The summed E-state index contributed by atoms with van der Waals surface area (Å²) in [6.07, 6.45) is 1.54. The first-order valence-corrected chi connectivity index (χ1v) is 11.0. The predicted molar refractivity (Wildman–Crippen MR) is 125 cm³/mol. The van der Waals surface area contributed by atoms with E-state index in [1.54, 1.807) is 30.3 Å². The molecule has 0 aliphatic rings. The zero-order valence-electron chi connectivity index (χ0n) is 17.9. The molecule has 4 aromatic rings. The van der Waals surface area contributed by atoms with Crippen LogP contribution in [0.15, 0.2) is 72.1 Å². The number of hydrazine groups is 1. The third kappa shape index (κ3) is 5.81. The van der Waals surface area contributed by atoms with Gasteiger partial charge in [-0.3, -0.25) is 20.4 Å². The molecule has 0 saturated carbocycles. The summed E-state index contributed by atoms with van der Waals surface area (Å²) in [4.78, 5) is 37.8. The van der Waals surface area contributed by atoms with Crippen molar-refractivity contribution < 1.29 is 23.5 Å². The summed E-state index contributed by atoms with van der Waals surface area (Å²) in [7, 11) is 0. The van der Waals surface area contributed by atoms with Gasteiger partial charge in [0, 0.05) is 10.4 Å². The Labute approximate surface area is 202 Å². The Hall–Kier alpha value is -4.71. The van der Waals surface area contributed by atoms with Gasteiger partial charge in [0.05, 0.1) is 5.56 Å². The molecular weight excluding hydrogens is 475 g/mol. The summed E-state index contributed by atoms with van der Waals surface area (Å²) in [6.45, 7) is -0.721. The van der Waals surface area contributed by atoms with Crippen LogP contribution in [0.5, 0.6) is 0 Å². The van der Waals surface area contributed by atoms with Crippen LogP contribution in [-0.4, -0.2) is 44.6 Å². The van der Waals surface area contributed by atoms with E-state index in [0.717, 1.165) is 10.9 Å². The second-order valence-corrected chi connectivity index (χ2v) is 7.86. The lowest BCUT2D eigenvalue weighted by Gasteiger charge is -2.11. The van der Waals surface area contributed by atoms with E-state index in [9.17, 15) is 18.8 Å². The summed E-state index contributed by atoms with van der Waals surface area (Å²) in [5.41, 5.74) is 4.52. The van der Waals surface area contributed by atoms with Crippen LogP contribution in [0.4, 0.5) is 4.39 Å². The van der Waals surface area contributed by atoms with Gasteiger partial charge in [-0.1, -0.05) is 48.5 Å². The number of nitrogens with zero attached hydrogens (tertiary/aromatic N) is 4. The number of esters is 1. The maximum atomic E-state index is 13.7. The standard InChI is InChI=1S/C23H17FN6O4S/c24-18-11-5-4-10-17(18)22(32)27-25-20(31)14-34-23(33)19(13-16-9-6-12-35-16)30-21(26-28-29-30)15-7-2-1-3-8-15/h1-13H,14H2,(H,25,31)(H,27,32)/b19-13-. The van der Waals surface area contributed by atoms with Crippen LogP contribution in [0.3, 0.4) is 0 Å². The lowest BCUT2D eigenvalue weighted by Crippen LogP contribution is -2.44. The van der Waals surface area contributed by atoms with E-state index in [1.165, 1.54) is 40.3 Å². The summed E-state index contributed by atoms with van der Waals surface area (Å²) in [5.74, 6) is -3.02. The highest BCUT2D eigenvalue weighted by molar-refractivity contribution is 7.10. The van der Waals surface area contributed by atoms with Gasteiger partial charge in [-0.25, -0.2) is 9.18 Å². The molecule has 2 amide bonds. The number of hydrogen-bond acceptors (Lipinski definition) is 8. The minimum atomic E-state index is -0.876. The Morgan fingerprint density at radius 2 is 1.77 bits per heavy atom. The molecule has 0 fully saturated rings. The van der Waals surface area contributed by atoms with Crippen molar-refractivity contribution in [2.45, 2.75) is 0 Å². The number of tetrazole rings is 1. The lowest BCUT2D eigenvalue weighted by molar-refractivity contribution is -0.143. The number of halogens is 1. The first kappa shape index (κ1) is 23.4. The smallest absolute Gasteiger partial charge is 0.357 e. The average Bonchev–Trinajstić information content (AvgIpc) is 3.57. The van der Waals surface area contributed by atoms with Crippen LogP contribution in [0.25, 0.3) is 23.2 Å². The Morgan fingerprint density at radius 1 is 1.00 bits per heavy atom. The molecule has 0 atom stereocenters. The number of carbonyl (C=O) groups is 3. The van der Waals surface area contributed by atoms with E-state index >= 15 is 0 Å². The van der Waals surface area contributed by atoms with Crippen molar-refractivity contribution in [1.29, 1.82) is 0 Å². The lowest BCUT2D eigenvalue weighted by atomic mass is 10.2. The molecule has 0 aliphatic heterocycles. The first-order chi connectivity index (χ1) is 17.0. The fraction of sp³-hybridized carbons (Fsp3) is 0.0435. The number of benzene rings is 2. The first-order valence-electron chi connectivity index (χ1n) is 10.1. The van der Waals surface area contributed by atoms with E-state index in [0.29, 0.717) is 11.4 Å². The summed E-state index contributed by atoms with van der Waals surface area (Å²) in [5, 5.41) is 13.4. The highest BCUT2D eigenvalue weighted by atomic mass is 32.1. The normalized spacial score (nSPS) is 11.1. The average molecular weight is 492 g/mol. The molecule has 0 saturated heterocycles. The number of rotatable bonds is 7. The number of ether oxygens (including phenoxy) is 1. The number of hydrogen-bond donors (Lipinski definition) is 2. The van der Waals surface area contributed by atoms with Gasteiger partial charge >= 0.3 is 5.97 Å². The third-order valence-electron chi connectivity index (χ3n) is 4.53. The summed E-state index contributed by atoms with van der Waals surface area (Å²) >= 11 is 1.38. The molecule has 0 aliphatic carbocycles. The number of nitrogens with one attached hydrogen (secondary N) is 2. The number of aromatic nitrogens is 4. The molecule has 0 bridgehead atoms. The van der Waals surface area contributed by atoms with Crippen molar-refractivity contribution >= 4 is 40.9 Å². The van der Waals surface area contributed by atoms with E-state index in [-0.39, 0.29) is 11.3 Å². The van der Waals surface area contributed by atoms with Gasteiger partial charge in [0.1, 0.15) is 5.82 Å². The minimum absolute atomic E-state index is 0.0282. The van der Waals surface area contributed by atoms with Crippen molar-refractivity contribution in [2.24, 2.45) is 0 Å². The van der Waals surface area contributed by atoms with Crippen molar-refractivity contribution in [3.05, 3.63) is 88.4 Å². The Kier molecular flexibility index (Phi) is 7.33. The van der Waals surface area contributed by atoms with E-state index in [2.05, 4.69) is 26.4 Å². The molecule has 0 spiro atoms. The zero-order chi connectivity index (χ0) is 24.6. The van der Waals surface area contributed by atoms with Gasteiger partial charge in [-0.05, 0) is 40.1 Å². The van der Waals surface area contributed by atoms with E-state index in [4.69, 9.17) is 4.74 Å². The SMILES string of the molecule is O=C(COC(=O)/C(=C/c1cccs1)n1nnnc1-c1ccccc1)NNC(=O)c1ccccc1F. The molecule has 10 nitrogen and oxygen atoms in total. The second-order valence-electron chi connectivity index (χ2n) is 6.88. The molecule has 4 rings (SSSR count). The second kappa shape index (κ2) is 10.9. The Balaban J connectivity index is 1.46. The molecule has 12 heteroatoms. The molecule has 0 radical (unpaired) electrons.